The molecule has 1 aliphatic heterocycles. The third-order valence-electron chi connectivity index (χ3n) is 9.26. The second kappa shape index (κ2) is 12.5. The number of esters is 3. The molecule has 1 aromatic rings. The van der Waals surface area contributed by atoms with Gasteiger partial charge in [0, 0.05) is 5.56 Å². The molecule has 1 heterocycles. The number of aliphatic hydroxyl groups excluding tert-OH is 2. The van der Waals surface area contributed by atoms with Crippen LogP contribution in [0.1, 0.15) is 49.7 Å². The lowest BCUT2D eigenvalue weighted by molar-refractivity contribution is -0.187. The molecule has 4 aliphatic rings. The van der Waals surface area contributed by atoms with Gasteiger partial charge in [-0.2, -0.15) is 0 Å². The third kappa shape index (κ3) is 5.63. The maximum absolute atomic E-state index is 13.3. The van der Waals surface area contributed by atoms with Crippen LogP contribution in [0.2, 0.25) is 0 Å². The fourth-order valence-corrected chi connectivity index (χ4v) is 7.21. The van der Waals surface area contributed by atoms with E-state index in [4.69, 9.17) is 29.2 Å². The molecule has 2 bridgehead atoms. The first-order valence-corrected chi connectivity index (χ1v) is 14.6. The predicted octanol–water partition coefficient (Wildman–Crippen LogP) is -0.808. The minimum absolute atomic E-state index is 0.0412. The quantitative estimate of drug-likeness (QED) is 0.111. The smallest absolute Gasteiger partial charge is 0.348 e. The Morgan fingerprint density at radius 1 is 0.957 bits per heavy atom. The van der Waals surface area contributed by atoms with E-state index in [0.717, 1.165) is 24.0 Å². The first-order chi connectivity index (χ1) is 22.1. The van der Waals surface area contributed by atoms with E-state index in [0.29, 0.717) is 24.3 Å². The van der Waals surface area contributed by atoms with Crippen LogP contribution < -0.4 is 9.47 Å². The number of rotatable bonds is 13. The molecule has 0 amide bonds. The third-order valence-corrected chi connectivity index (χ3v) is 9.26. The topological polar surface area (TPSA) is 270 Å². The average Bonchev–Trinajstić information content (AvgIpc) is 3.35. The molecule has 1 aromatic carbocycles. The molecule has 1 saturated carbocycles. The van der Waals surface area contributed by atoms with Crippen molar-refractivity contribution in [1.82, 2.24) is 0 Å². The molecule has 0 aromatic heterocycles. The number of carboxylic acid groups (broad SMARTS) is 3. The summed E-state index contributed by atoms with van der Waals surface area (Å²) in [5, 5.41) is 58.7. The summed E-state index contributed by atoms with van der Waals surface area (Å²) in [5.41, 5.74) is -0.571. The van der Waals surface area contributed by atoms with Gasteiger partial charge in [-0.25, -0.2) is 19.2 Å². The Balaban J connectivity index is 1.41. The van der Waals surface area contributed by atoms with Crippen molar-refractivity contribution in [1.29, 1.82) is 0 Å². The zero-order valence-corrected chi connectivity index (χ0v) is 24.8. The lowest BCUT2D eigenvalue weighted by Crippen LogP contribution is -2.67. The SMILES string of the molecule is COc1ccc2c3c1O[C@@H]1C(OC(=O)C[C@H](OC(=O)[C@H](O)[C@@H](O)C(=O)O)C(=O)O[C@@H](CC(=O)O)C(=O)O)=CC[C@]4(O)[C@@H](CCC[C@@]314)C2. The van der Waals surface area contributed by atoms with E-state index in [1.54, 1.807) is 6.07 Å². The van der Waals surface area contributed by atoms with Crippen molar-refractivity contribution in [2.24, 2.45) is 5.92 Å². The van der Waals surface area contributed by atoms with Crippen LogP contribution in [-0.2, 0) is 54.8 Å². The van der Waals surface area contributed by atoms with Crippen LogP contribution in [0.3, 0.4) is 0 Å². The molecule has 0 radical (unpaired) electrons. The average molecular weight is 665 g/mol. The van der Waals surface area contributed by atoms with Crippen LogP contribution in [0, 0.1) is 5.92 Å². The summed E-state index contributed by atoms with van der Waals surface area (Å²) in [6.07, 6.45) is -9.43. The minimum atomic E-state index is -2.74. The number of hydrogen-bond acceptors (Lipinski definition) is 14. The van der Waals surface area contributed by atoms with E-state index in [2.05, 4.69) is 4.74 Å². The molecule has 17 nitrogen and oxygen atoms in total. The van der Waals surface area contributed by atoms with Gasteiger partial charge in [0.2, 0.25) is 12.2 Å². The molecule has 1 fully saturated rings. The molecule has 3 aliphatic carbocycles. The number of ether oxygens (including phenoxy) is 5. The molecular formula is C30H32O17. The van der Waals surface area contributed by atoms with Crippen LogP contribution in [0.25, 0.3) is 0 Å². The first-order valence-electron chi connectivity index (χ1n) is 14.6. The van der Waals surface area contributed by atoms with Gasteiger partial charge < -0.3 is 54.3 Å². The molecular weight excluding hydrogens is 632 g/mol. The summed E-state index contributed by atoms with van der Waals surface area (Å²) in [4.78, 5) is 72.1. The van der Waals surface area contributed by atoms with Crippen LogP contribution in [0.15, 0.2) is 24.0 Å². The maximum atomic E-state index is 13.3. The Bertz CT molecular complexity index is 1550. The zero-order chi connectivity index (χ0) is 34.4. The molecule has 8 atom stereocenters. The summed E-state index contributed by atoms with van der Waals surface area (Å²) in [5.74, 6) is -9.88. The predicted molar refractivity (Wildman–Crippen MR) is 148 cm³/mol. The van der Waals surface area contributed by atoms with E-state index >= 15 is 0 Å². The maximum Gasteiger partial charge on any atom is 0.348 e. The number of methoxy groups -OCH3 is 1. The van der Waals surface area contributed by atoms with Crippen LogP contribution in [0.4, 0.5) is 0 Å². The lowest BCUT2D eigenvalue weighted by Gasteiger charge is -2.59. The van der Waals surface area contributed by atoms with Crippen molar-refractivity contribution in [3.05, 3.63) is 35.1 Å². The monoisotopic (exact) mass is 664 g/mol. The van der Waals surface area contributed by atoms with E-state index < -0.39 is 90.2 Å². The van der Waals surface area contributed by atoms with Gasteiger partial charge in [-0.15, -0.1) is 0 Å². The number of carbonyl (C=O) groups excluding carboxylic acids is 3. The van der Waals surface area contributed by atoms with Gasteiger partial charge in [-0.05, 0) is 49.3 Å². The summed E-state index contributed by atoms with van der Waals surface area (Å²) >= 11 is 0. The van der Waals surface area contributed by atoms with Gasteiger partial charge in [0.15, 0.2) is 29.8 Å². The van der Waals surface area contributed by atoms with Crippen LogP contribution in [-0.4, -0.2) is 110 Å². The summed E-state index contributed by atoms with van der Waals surface area (Å²) in [6, 6.07) is 3.65. The van der Waals surface area contributed by atoms with E-state index in [9.17, 15) is 49.2 Å². The van der Waals surface area contributed by atoms with Gasteiger partial charge in [0.1, 0.15) is 5.76 Å². The van der Waals surface area contributed by atoms with Gasteiger partial charge >= 0.3 is 35.8 Å². The van der Waals surface area contributed by atoms with Crippen LogP contribution in [0.5, 0.6) is 11.5 Å². The second-order valence-corrected chi connectivity index (χ2v) is 11.8. The summed E-state index contributed by atoms with van der Waals surface area (Å²) in [6.45, 7) is 0. The number of aliphatic carboxylic acids is 3. The number of carboxylic acids is 3. The number of aliphatic hydroxyl groups is 3. The highest BCUT2D eigenvalue weighted by Gasteiger charge is 2.71. The Kier molecular flexibility index (Phi) is 8.91. The van der Waals surface area contributed by atoms with Crippen molar-refractivity contribution < 1.29 is 83.1 Å². The standard InChI is InChI=1S/C30H32O17/c1-43-14-5-4-12-9-13-3-2-7-29-20(12)23(14)47-24(29)15(6-8-30(13,29)42)44-19(33)11-17(46-28(41)22(35)21(34)26(38)39)27(40)45-16(25(36)37)10-18(31)32/h4-6,13,16-17,21-22,24,34-35,42H,2-3,7-11H2,1H3,(H,31,32)(H,36,37)(H,38,39)/t13-,16-,17-,21+,22+,24+,29+,30-/m0/s1. The van der Waals surface area contributed by atoms with Crippen LogP contribution >= 0.6 is 0 Å². The van der Waals surface area contributed by atoms with Crippen molar-refractivity contribution >= 4 is 35.8 Å². The summed E-state index contributed by atoms with van der Waals surface area (Å²) < 4.78 is 26.9. The number of carbonyl (C=O) groups is 6. The summed E-state index contributed by atoms with van der Waals surface area (Å²) in [7, 11) is 1.45. The molecule has 17 heteroatoms. The Labute approximate surface area is 265 Å². The minimum Gasteiger partial charge on any atom is -0.493 e. The first kappa shape index (κ1) is 33.6. The number of benzene rings is 1. The van der Waals surface area contributed by atoms with Gasteiger partial charge in [-0.3, -0.25) is 9.59 Å². The van der Waals surface area contributed by atoms with E-state index in [1.807, 2.05) is 6.07 Å². The van der Waals surface area contributed by atoms with Crippen molar-refractivity contribution in [2.45, 2.75) is 86.5 Å². The molecule has 5 rings (SSSR count). The van der Waals surface area contributed by atoms with Crippen molar-refractivity contribution in [3.63, 3.8) is 0 Å². The lowest BCUT2D eigenvalue weighted by atomic mass is 9.47. The molecule has 1 spiro atoms. The van der Waals surface area contributed by atoms with Gasteiger partial charge in [0.25, 0.3) is 0 Å². The molecule has 0 unspecified atom stereocenters. The highest BCUT2D eigenvalue weighted by Crippen LogP contribution is 2.67. The molecule has 47 heavy (non-hydrogen) atoms. The normalized spacial score (nSPS) is 27.4. The highest BCUT2D eigenvalue weighted by atomic mass is 16.6. The van der Waals surface area contributed by atoms with Gasteiger partial charge in [0.05, 0.1) is 31.0 Å². The molecule has 0 saturated heterocycles. The molecule has 254 valence electrons. The zero-order valence-electron chi connectivity index (χ0n) is 24.8. The van der Waals surface area contributed by atoms with Gasteiger partial charge in [-0.1, -0.05) is 12.5 Å². The number of hydrogen-bond donors (Lipinski definition) is 6. The largest absolute Gasteiger partial charge is 0.493 e. The van der Waals surface area contributed by atoms with E-state index in [1.165, 1.54) is 13.2 Å². The fourth-order valence-electron chi connectivity index (χ4n) is 7.21. The molecule has 6 N–H and O–H groups in total. The Morgan fingerprint density at radius 3 is 2.30 bits per heavy atom. The Hall–Kier alpha value is -4.74. The highest BCUT2D eigenvalue weighted by molar-refractivity contribution is 5.90. The fraction of sp³-hybridized carbons (Fsp3) is 0.533. The Morgan fingerprint density at radius 2 is 1.66 bits per heavy atom. The van der Waals surface area contributed by atoms with Crippen molar-refractivity contribution in [3.8, 4) is 11.5 Å². The van der Waals surface area contributed by atoms with Crippen molar-refractivity contribution in [2.75, 3.05) is 7.11 Å². The van der Waals surface area contributed by atoms with E-state index in [-0.39, 0.29) is 18.1 Å². The second-order valence-electron chi connectivity index (χ2n) is 11.8.